The Balaban J connectivity index is 2.03. The van der Waals surface area contributed by atoms with Gasteiger partial charge in [-0.1, -0.05) is 18.2 Å². The molecule has 1 N–H and O–H groups in total. The molecule has 0 bridgehead atoms. The van der Waals surface area contributed by atoms with Crippen LogP contribution in [0.25, 0.3) is 0 Å². The molecule has 1 aromatic heterocycles. The summed E-state index contributed by atoms with van der Waals surface area (Å²) in [7, 11) is 5.62. The van der Waals surface area contributed by atoms with Crippen LogP contribution in [0.5, 0.6) is 5.75 Å². The quantitative estimate of drug-likeness (QED) is 0.927. The fourth-order valence-electron chi connectivity index (χ4n) is 3.15. The highest BCUT2D eigenvalue weighted by atomic mass is 16.5. The summed E-state index contributed by atoms with van der Waals surface area (Å²) in [4.78, 5) is 0. The van der Waals surface area contributed by atoms with Crippen LogP contribution in [-0.2, 0) is 19.9 Å². The highest BCUT2D eigenvalue weighted by Gasteiger charge is 2.22. The van der Waals surface area contributed by atoms with E-state index in [0.29, 0.717) is 0 Å². The fourth-order valence-corrected chi connectivity index (χ4v) is 3.15. The normalized spacial score (nSPS) is 15.2. The largest absolute Gasteiger partial charge is 0.493 e. The number of rotatable bonds is 4. The highest BCUT2D eigenvalue weighted by molar-refractivity contribution is 5.41. The SMILES string of the molecule is CNC(c1ccc2c(c1)CCC2)c1c(OC)cnn1C. The lowest BCUT2D eigenvalue weighted by Crippen LogP contribution is -2.21. The Morgan fingerprint density at radius 1 is 1.30 bits per heavy atom. The topological polar surface area (TPSA) is 39.1 Å². The Bertz CT molecular complexity index is 618. The first-order valence-corrected chi connectivity index (χ1v) is 7.09. The van der Waals surface area contributed by atoms with Gasteiger partial charge in [0.1, 0.15) is 5.69 Å². The Morgan fingerprint density at radius 3 is 2.85 bits per heavy atom. The van der Waals surface area contributed by atoms with E-state index in [2.05, 4.69) is 28.6 Å². The van der Waals surface area contributed by atoms with Gasteiger partial charge in [-0.05, 0) is 43.0 Å². The minimum atomic E-state index is 0.100. The maximum Gasteiger partial charge on any atom is 0.161 e. The van der Waals surface area contributed by atoms with Crippen molar-refractivity contribution in [1.82, 2.24) is 15.1 Å². The number of hydrogen-bond acceptors (Lipinski definition) is 3. The van der Waals surface area contributed by atoms with Crippen LogP contribution in [0.3, 0.4) is 0 Å². The van der Waals surface area contributed by atoms with E-state index in [4.69, 9.17) is 4.74 Å². The van der Waals surface area contributed by atoms with Crippen molar-refractivity contribution < 1.29 is 4.74 Å². The first-order chi connectivity index (χ1) is 9.74. The molecule has 0 radical (unpaired) electrons. The lowest BCUT2D eigenvalue weighted by molar-refractivity contribution is 0.402. The lowest BCUT2D eigenvalue weighted by atomic mass is 9.98. The van der Waals surface area contributed by atoms with Crippen LogP contribution in [0.1, 0.15) is 34.8 Å². The summed E-state index contributed by atoms with van der Waals surface area (Å²) in [6.45, 7) is 0. The van der Waals surface area contributed by atoms with Gasteiger partial charge in [0.15, 0.2) is 5.75 Å². The van der Waals surface area contributed by atoms with E-state index in [-0.39, 0.29) is 6.04 Å². The minimum absolute atomic E-state index is 0.100. The van der Waals surface area contributed by atoms with Gasteiger partial charge in [0, 0.05) is 7.05 Å². The molecule has 1 aromatic carbocycles. The summed E-state index contributed by atoms with van der Waals surface area (Å²) in [5.74, 6) is 0.826. The Morgan fingerprint density at radius 2 is 2.10 bits per heavy atom. The van der Waals surface area contributed by atoms with Gasteiger partial charge in [0.2, 0.25) is 0 Å². The van der Waals surface area contributed by atoms with Gasteiger partial charge in [-0.2, -0.15) is 5.10 Å². The molecule has 20 heavy (non-hydrogen) atoms. The second-order valence-corrected chi connectivity index (χ2v) is 5.33. The predicted octanol–water partition coefficient (Wildman–Crippen LogP) is 2.23. The zero-order valence-corrected chi connectivity index (χ0v) is 12.3. The highest BCUT2D eigenvalue weighted by Crippen LogP contribution is 2.32. The van der Waals surface area contributed by atoms with Crippen molar-refractivity contribution in [1.29, 1.82) is 0 Å². The first-order valence-electron chi connectivity index (χ1n) is 7.09. The zero-order valence-electron chi connectivity index (χ0n) is 12.3. The number of benzene rings is 1. The summed E-state index contributed by atoms with van der Waals surface area (Å²) in [6, 6.07) is 6.92. The van der Waals surface area contributed by atoms with Crippen LogP contribution in [0.4, 0.5) is 0 Å². The van der Waals surface area contributed by atoms with Crippen LogP contribution in [0.15, 0.2) is 24.4 Å². The van der Waals surface area contributed by atoms with Gasteiger partial charge in [0.25, 0.3) is 0 Å². The summed E-state index contributed by atoms with van der Waals surface area (Å²) >= 11 is 0. The summed E-state index contributed by atoms with van der Waals surface area (Å²) in [5, 5.41) is 7.69. The average Bonchev–Trinajstić information content (AvgIpc) is 3.07. The molecule has 2 aromatic rings. The molecule has 0 spiro atoms. The number of ether oxygens (including phenoxy) is 1. The van der Waals surface area contributed by atoms with Gasteiger partial charge in [0.05, 0.1) is 19.3 Å². The number of nitrogens with one attached hydrogen (secondary N) is 1. The van der Waals surface area contributed by atoms with Crippen molar-refractivity contribution in [2.24, 2.45) is 7.05 Å². The third-order valence-electron chi connectivity index (χ3n) is 4.19. The molecule has 1 unspecified atom stereocenters. The smallest absolute Gasteiger partial charge is 0.161 e. The molecule has 106 valence electrons. The molecule has 0 saturated carbocycles. The van der Waals surface area contributed by atoms with Crippen molar-refractivity contribution >= 4 is 0 Å². The Labute approximate surface area is 119 Å². The fraction of sp³-hybridized carbons (Fsp3) is 0.438. The average molecular weight is 271 g/mol. The molecule has 0 amide bonds. The number of aryl methyl sites for hydroxylation is 3. The van der Waals surface area contributed by atoms with E-state index in [1.807, 2.05) is 18.8 Å². The molecular formula is C16H21N3O. The lowest BCUT2D eigenvalue weighted by Gasteiger charge is -2.19. The van der Waals surface area contributed by atoms with Crippen molar-refractivity contribution in [2.75, 3.05) is 14.2 Å². The van der Waals surface area contributed by atoms with Gasteiger partial charge in [-0.3, -0.25) is 4.68 Å². The molecule has 1 atom stereocenters. The van der Waals surface area contributed by atoms with E-state index in [0.717, 1.165) is 11.4 Å². The number of aromatic nitrogens is 2. The first kappa shape index (κ1) is 13.2. The van der Waals surface area contributed by atoms with Crippen LogP contribution < -0.4 is 10.1 Å². The summed E-state index contributed by atoms with van der Waals surface area (Å²) in [6.07, 6.45) is 5.46. The molecule has 1 heterocycles. The van der Waals surface area contributed by atoms with Crippen LogP contribution >= 0.6 is 0 Å². The second kappa shape index (κ2) is 5.29. The Hall–Kier alpha value is -1.81. The van der Waals surface area contributed by atoms with E-state index in [1.165, 1.54) is 36.0 Å². The second-order valence-electron chi connectivity index (χ2n) is 5.33. The number of hydrogen-bond donors (Lipinski definition) is 1. The molecule has 4 heteroatoms. The number of nitrogens with zero attached hydrogens (tertiary/aromatic N) is 2. The van der Waals surface area contributed by atoms with Crippen LogP contribution in [-0.4, -0.2) is 23.9 Å². The Kier molecular flexibility index (Phi) is 3.49. The monoisotopic (exact) mass is 271 g/mol. The zero-order chi connectivity index (χ0) is 14.1. The molecule has 1 aliphatic rings. The number of fused-ring (bicyclic) bond motifs is 1. The third kappa shape index (κ3) is 2.10. The van der Waals surface area contributed by atoms with Crippen molar-refractivity contribution in [3.8, 4) is 5.75 Å². The maximum absolute atomic E-state index is 5.44. The summed E-state index contributed by atoms with van der Waals surface area (Å²) in [5.41, 5.74) is 5.33. The standard InChI is InChI=1S/C16H21N3O/c1-17-15(16-14(20-3)10-18-19(16)2)13-8-7-11-5-4-6-12(11)9-13/h7-10,15,17H,4-6H2,1-3H3. The van der Waals surface area contributed by atoms with Crippen LogP contribution in [0.2, 0.25) is 0 Å². The maximum atomic E-state index is 5.44. The third-order valence-corrected chi connectivity index (χ3v) is 4.19. The number of methoxy groups -OCH3 is 1. The van der Waals surface area contributed by atoms with Crippen molar-refractivity contribution in [3.05, 3.63) is 46.8 Å². The van der Waals surface area contributed by atoms with E-state index in [1.54, 1.807) is 13.3 Å². The molecule has 3 rings (SSSR count). The van der Waals surface area contributed by atoms with Gasteiger partial charge < -0.3 is 10.1 Å². The minimum Gasteiger partial charge on any atom is -0.493 e. The van der Waals surface area contributed by atoms with E-state index < -0.39 is 0 Å². The molecular weight excluding hydrogens is 250 g/mol. The molecule has 4 nitrogen and oxygen atoms in total. The summed E-state index contributed by atoms with van der Waals surface area (Å²) < 4.78 is 7.32. The van der Waals surface area contributed by atoms with Gasteiger partial charge in [-0.25, -0.2) is 0 Å². The molecule has 1 aliphatic carbocycles. The molecule has 0 saturated heterocycles. The predicted molar refractivity (Wildman–Crippen MR) is 79.1 cm³/mol. The van der Waals surface area contributed by atoms with Crippen LogP contribution in [0, 0.1) is 0 Å². The molecule has 0 aliphatic heterocycles. The van der Waals surface area contributed by atoms with Gasteiger partial charge in [-0.15, -0.1) is 0 Å². The van der Waals surface area contributed by atoms with E-state index in [9.17, 15) is 0 Å². The van der Waals surface area contributed by atoms with Crippen molar-refractivity contribution in [3.63, 3.8) is 0 Å². The van der Waals surface area contributed by atoms with Gasteiger partial charge >= 0.3 is 0 Å². The van der Waals surface area contributed by atoms with E-state index >= 15 is 0 Å². The molecule has 0 fully saturated rings. The van der Waals surface area contributed by atoms with Crippen molar-refractivity contribution in [2.45, 2.75) is 25.3 Å².